The molecule has 0 spiro atoms. The number of hydrogen-bond donors (Lipinski definition) is 1. The molecule has 1 unspecified atom stereocenters. The molecule has 0 aliphatic carbocycles. The highest BCUT2D eigenvalue weighted by molar-refractivity contribution is 5.94. The first-order chi connectivity index (χ1) is 9.92. The Morgan fingerprint density at radius 3 is 2.43 bits per heavy atom. The van der Waals surface area contributed by atoms with Crippen LogP contribution in [0.2, 0.25) is 0 Å². The zero-order valence-electron chi connectivity index (χ0n) is 12.9. The zero-order valence-corrected chi connectivity index (χ0v) is 12.9. The molecule has 0 aromatic heterocycles. The molecular formula is C15H22F2N2O2. The minimum absolute atomic E-state index is 0.0162. The second kappa shape index (κ2) is 7.93. The number of halogens is 2. The predicted octanol–water partition coefficient (Wildman–Crippen LogP) is 2.89. The van der Waals surface area contributed by atoms with Gasteiger partial charge in [0, 0.05) is 26.3 Å². The van der Waals surface area contributed by atoms with Crippen LogP contribution in [0.4, 0.5) is 14.5 Å². The van der Waals surface area contributed by atoms with Crippen molar-refractivity contribution in [3.63, 3.8) is 0 Å². The Kier molecular flexibility index (Phi) is 6.55. The molecule has 0 heterocycles. The van der Waals surface area contributed by atoms with Crippen LogP contribution >= 0.6 is 0 Å². The van der Waals surface area contributed by atoms with Gasteiger partial charge in [0.2, 0.25) is 0 Å². The number of nitrogens with one attached hydrogen (secondary N) is 1. The Balaban J connectivity index is 2.96. The first-order valence-electron chi connectivity index (χ1n) is 6.91. The van der Waals surface area contributed by atoms with Gasteiger partial charge < -0.3 is 15.0 Å². The molecule has 1 rings (SSSR count). The van der Waals surface area contributed by atoms with Crippen LogP contribution in [-0.4, -0.2) is 44.2 Å². The van der Waals surface area contributed by atoms with Crippen molar-refractivity contribution in [2.24, 2.45) is 0 Å². The fraction of sp³-hybridized carbons (Fsp3) is 0.533. The maximum atomic E-state index is 13.9. The molecule has 21 heavy (non-hydrogen) atoms. The lowest BCUT2D eigenvalue weighted by molar-refractivity contribution is 0.0632. The van der Waals surface area contributed by atoms with Gasteiger partial charge in [0.1, 0.15) is 17.3 Å². The van der Waals surface area contributed by atoms with E-state index in [0.717, 1.165) is 18.6 Å². The normalized spacial score (nSPS) is 12.1. The molecule has 0 aliphatic rings. The van der Waals surface area contributed by atoms with Crippen molar-refractivity contribution in [2.75, 3.05) is 32.6 Å². The van der Waals surface area contributed by atoms with Crippen LogP contribution < -0.4 is 5.32 Å². The number of likely N-dealkylation sites (N-methyl/N-ethyl adjacent to an activating group) is 1. The number of carbonyl (C=O) groups excluding carboxylic acids is 1. The quantitative estimate of drug-likeness (QED) is 0.842. The molecule has 1 aromatic carbocycles. The average molecular weight is 300 g/mol. The van der Waals surface area contributed by atoms with Crippen LogP contribution in [0.15, 0.2) is 12.1 Å². The summed E-state index contributed by atoms with van der Waals surface area (Å²) < 4.78 is 32.8. The van der Waals surface area contributed by atoms with Gasteiger partial charge in [0.15, 0.2) is 0 Å². The summed E-state index contributed by atoms with van der Waals surface area (Å²) in [5.74, 6) is -1.97. The highest BCUT2D eigenvalue weighted by Gasteiger charge is 2.20. The SMILES string of the molecule is CCCNc1c(F)cc(C(=O)N(C)C(C)COC)cc1F. The van der Waals surface area contributed by atoms with Crippen LogP contribution in [-0.2, 0) is 4.74 Å². The molecule has 6 heteroatoms. The monoisotopic (exact) mass is 300 g/mol. The molecule has 1 aromatic rings. The summed E-state index contributed by atoms with van der Waals surface area (Å²) in [7, 11) is 3.10. The van der Waals surface area contributed by atoms with Crippen molar-refractivity contribution in [3.8, 4) is 0 Å². The molecule has 1 N–H and O–H groups in total. The van der Waals surface area contributed by atoms with Crippen molar-refractivity contribution in [1.82, 2.24) is 4.90 Å². The standard InChI is InChI=1S/C15H22F2N2O2/c1-5-6-18-14-12(16)7-11(8-13(14)17)15(20)19(3)10(2)9-21-4/h7-8,10,18H,5-6,9H2,1-4H3. The van der Waals surface area contributed by atoms with E-state index in [1.54, 1.807) is 14.0 Å². The van der Waals surface area contributed by atoms with Crippen LogP contribution in [0, 0.1) is 11.6 Å². The summed E-state index contributed by atoms with van der Waals surface area (Å²) in [6.07, 6.45) is 0.747. The molecular weight excluding hydrogens is 278 g/mol. The molecule has 0 aliphatic heterocycles. The summed E-state index contributed by atoms with van der Waals surface area (Å²) in [4.78, 5) is 13.6. The second-order valence-electron chi connectivity index (χ2n) is 4.96. The van der Waals surface area contributed by atoms with E-state index >= 15 is 0 Å². The Labute approximate surface area is 124 Å². The van der Waals surface area contributed by atoms with Gasteiger partial charge in [-0.15, -0.1) is 0 Å². The highest BCUT2D eigenvalue weighted by Crippen LogP contribution is 2.22. The Hall–Kier alpha value is -1.69. The van der Waals surface area contributed by atoms with Gasteiger partial charge in [0.25, 0.3) is 5.91 Å². The van der Waals surface area contributed by atoms with E-state index in [4.69, 9.17) is 4.74 Å². The molecule has 118 valence electrons. The number of methoxy groups -OCH3 is 1. The summed E-state index contributed by atoms with van der Waals surface area (Å²) in [5, 5.41) is 2.67. The Morgan fingerprint density at radius 1 is 1.38 bits per heavy atom. The van der Waals surface area contributed by atoms with Crippen molar-refractivity contribution in [3.05, 3.63) is 29.3 Å². The number of rotatable bonds is 7. The van der Waals surface area contributed by atoms with E-state index in [2.05, 4.69) is 5.32 Å². The number of benzene rings is 1. The van der Waals surface area contributed by atoms with Gasteiger partial charge in [-0.3, -0.25) is 4.79 Å². The Bertz CT molecular complexity index is 472. The molecule has 0 radical (unpaired) electrons. The van der Waals surface area contributed by atoms with Crippen LogP contribution in [0.3, 0.4) is 0 Å². The van der Waals surface area contributed by atoms with E-state index in [1.165, 1.54) is 12.0 Å². The van der Waals surface area contributed by atoms with Crippen LogP contribution in [0.25, 0.3) is 0 Å². The third-order valence-electron chi connectivity index (χ3n) is 3.23. The number of nitrogens with zero attached hydrogens (tertiary/aromatic N) is 1. The van der Waals surface area contributed by atoms with E-state index in [1.807, 2.05) is 6.92 Å². The average Bonchev–Trinajstić information content (AvgIpc) is 2.45. The first kappa shape index (κ1) is 17.4. The molecule has 0 bridgehead atoms. The smallest absolute Gasteiger partial charge is 0.254 e. The number of carbonyl (C=O) groups is 1. The zero-order chi connectivity index (χ0) is 16.0. The fourth-order valence-electron chi connectivity index (χ4n) is 1.87. The molecule has 0 fully saturated rings. The van der Waals surface area contributed by atoms with Gasteiger partial charge in [-0.25, -0.2) is 8.78 Å². The van der Waals surface area contributed by atoms with E-state index in [9.17, 15) is 13.6 Å². The lowest BCUT2D eigenvalue weighted by Crippen LogP contribution is -2.37. The molecule has 4 nitrogen and oxygen atoms in total. The molecule has 0 saturated heterocycles. The van der Waals surface area contributed by atoms with E-state index < -0.39 is 17.5 Å². The summed E-state index contributed by atoms with van der Waals surface area (Å²) in [5.41, 5.74) is -0.210. The molecule has 1 atom stereocenters. The number of ether oxygens (including phenoxy) is 1. The third kappa shape index (κ3) is 4.39. The van der Waals surface area contributed by atoms with Crippen molar-refractivity contribution < 1.29 is 18.3 Å². The van der Waals surface area contributed by atoms with Gasteiger partial charge in [-0.2, -0.15) is 0 Å². The lowest BCUT2D eigenvalue weighted by atomic mass is 10.1. The fourth-order valence-corrected chi connectivity index (χ4v) is 1.87. The Morgan fingerprint density at radius 2 is 1.95 bits per heavy atom. The highest BCUT2D eigenvalue weighted by atomic mass is 19.1. The third-order valence-corrected chi connectivity index (χ3v) is 3.23. The maximum absolute atomic E-state index is 13.9. The topological polar surface area (TPSA) is 41.6 Å². The predicted molar refractivity (Wildman–Crippen MR) is 78.6 cm³/mol. The minimum atomic E-state index is -0.764. The first-order valence-corrected chi connectivity index (χ1v) is 6.91. The number of amides is 1. The second-order valence-corrected chi connectivity index (χ2v) is 4.96. The number of anilines is 1. The summed E-state index contributed by atoms with van der Waals surface area (Å²) in [6, 6.07) is 1.92. The minimum Gasteiger partial charge on any atom is -0.383 e. The summed E-state index contributed by atoms with van der Waals surface area (Å²) in [6.45, 7) is 4.51. The summed E-state index contributed by atoms with van der Waals surface area (Å²) >= 11 is 0. The van der Waals surface area contributed by atoms with Gasteiger partial charge in [-0.05, 0) is 25.5 Å². The number of hydrogen-bond acceptors (Lipinski definition) is 3. The molecule has 1 amide bonds. The maximum Gasteiger partial charge on any atom is 0.254 e. The van der Waals surface area contributed by atoms with Crippen molar-refractivity contribution >= 4 is 11.6 Å². The van der Waals surface area contributed by atoms with E-state index in [0.29, 0.717) is 13.2 Å². The van der Waals surface area contributed by atoms with Gasteiger partial charge >= 0.3 is 0 Å². The van der Waals surface area contributed by atoms with Gasteiger partial charge in [-0.1, -0.05) is 6.92 Å². The van der Waals surface area contributed by atoms with E-state index in [-0.39, 0.29) is 17.3 Å². The largest absolute Gasteiger partial charge is 0.383 e. The van der Waals surface area contributed by atoms with Crippen LogP contribution in [0.5, 0.6) is 0 Å². The van der Waals surface area contributed by atoms with Crippen molar-refractivity contribution in [2.45, 2.75) is 26.3 Å². The van der Waals surface area contributed by atoms with Gasteiger partial charge in [0.05, 0.1) is 12.6 Å². The molecule has 0 saturated carbocycles. The van der Waals surface area contributed by atoms with Crippen molar-refractivity contribution in [1.29, 1.82) is 0 Å². The van der Waals surface area contributed by atoms with Crippen LogP contribution in [0.1, 0.15) is 30.6 Å². The lowest BCUT2D eigenvalue weighted by Gasteiger charge is -2.24.